The lowest BCUT2D eigenvalue weighted by Crippen LogP contribution is -2.45. The molecule has 20 heavy (non-hydrogen) atoms. The van der Waals surface area contributed by atoms with Crippen LogP contribution in [0.1, 0.15) is 39.2 Å². The number of aliphatic imine (C=N–C) groups is 1. The van der Waals surface area contributed by atoms with Crippen molar-refractivity contribution in [1.29, 1.82) is 0 Å². The molecule has 0 spiro atoms. The zero-order chi connectivity index (χ0) is 15.0. The summed E-state index contributed by atoms with van der Waals surface area (Å²) in [6.07, 6.45) is 0. The summed E-state index contributed by atoms with van der Waals surface area (Å²) in [5.74, 6) is 1.36. The number of guanidine groups is 1. The van der Waals surface area contributed by atoms with Crippen molar-refractivity contribution in [2.45, 2.75) is 39.2 Å². The Balaban J connectivity index is 2.23. The van der Waals surface area contributed by atoms with Gasteiger partial charge in [-0.1, -0.05) is 6.92 Å². The van der Waals surface area contributed by atoms with Crippen LogP contribution >= 0.6 is 11.3 Å². The van der Waals surface area contributed by atoms with Crippen LogP contribution in [0.25, 0.3) is 0 Å². The van der Waals surface area contributed by atoms with Gasteiger partial charge in [-0.15, -0.1) is 0 Å². The molecule has 1 rings (SSSR count). The Hall–Kier alpha value is -1.07. The smallest absolute Gasteiger partial charge is 0.191 e. The third kappa shape index (κ3) is 6.91. The Morgan fingerprint density at radius 3 is 2.60 bits per heavy atom. The minimum Gasteiger partial charge on any atom is -0.356 e. The van der Waals surface area contributed by atoms with Crippen LogP contribution in [0.3, 0.4) is 0 Å². The highest BCUT2D eigenvalue weighted by molar-refractivity contribution is 7.07. The van der Waals surface area contributed by atoms with E-state index in [-0.39, 0.29) is 5.54 Å². The molecule has 1 atom stereocenters. The fourth-order valence-corrected chi connectivity index (χ4v) is 2.54. The minimum atomic E-state index is 0.159. The van der Waals surface area contributed by atoms with E-state index in [1.165, 1.54) is 5.56 Å². The van der Waals surface area contributed by atoms with Gasteiger partial charge in [0, 0.05) is 32.2 Å². The molecule has 4 nitrogen and oxygen atoms in total. The molecule has 0 aliphatic carbocycles. The summed E-state index contributed by atoms with van der Waals surface area (Å²) in [5, 5.41) is 14.5. The third-order valence-corrected chi connectivity index (χ3v) is 3.69. The molecule has 0 saturated carbocycles. The Bertz CT molecular complexity index is 393. The maximum absolute atomic E-state index is 4.24. The lowest BCUT2D eigenvalue weighted by atomic mass is 10.1. The van der Waals surface area contributed by atoms with Crippen molar-refractivity contribution in [3.63, 3.8) is 0 Å². The summed E-state index contributed by atoms with van der Waals surface area (Å²) in [7, 11) is 1.81. The van der Waals surface area contributed by atoms with Gasteiger partial charge in [0.05, 0.1) is 0 Å². The van der Waals surface area contributed by atoms with E-state index in [2.05, 4.69) is 65.5 Å². The van der Waals surface area contributed by atoms with Crippen molar-refractivity contribution in [3.8, 4) is 0 Å². The summed E-state index contributed by atoms with van der Waals surface area (Å²) in [4.78, 5) is 4.24. The van der Waals surface area contributed by atoms with Crippen molar-refractivity contribution in [2.24, 2.45) is 4.99 Å². The van der Waals surface area contributed by atoms with Gasteiger partial charge in [-0.25, -0.2) is 0 Å². The quantitative estimate of drug-likeness (QED) is 0.429. The SMILES string of the molecule is CN=C(NCCNC(C)(C)C)NCC(C)c1ccsc1. The largest absolute Gasteiger partial charge is 0.356 e. The van der Waals surface area contributed by atoms with Gasteiger partial charge in [0.15, 0.2) is 5.96 Å². The first-order valence-corrected chi connectivity index (χ1v) is 8.08. The van der Waals surface area contributed by atoms with Crippen LogP contribution in [0.4, 0.5) is 0 Å². The molecule has 1 aromatic heterocycles. The van der Waals surface area contributed by atoms with Crippen LogP contribution in [0.2, 0.25) is 0 Å². The molecule has 0 fully saturated rings. The molecule has 0 saturated heterocycles. The van der Waals surface area contributed by atoms with Gasteiger partial charge < -0.3 is 16.0 Å². The number of rotatable bonds is 6. The summed E-state index contributed by atoms with van der Waals surface area (Å²) >= 11 is 1.75. The standard InChI is InChI=1S/C15H28N4S/c1-12(13-6-9-20-11-13)10-18-14(16-5)17-7-8-19-15(2,3)4/h6,9,11-12,19H,7-8,10H2,1-5H3,(H2,16,17,18). The van der Waals surface area contributed by atoms with Crippen molar-refractivity contribution < 1.29 is 0 Å². The molecule has 0 aliphatic rings. The normalized spacial score (nSPS) is 14.2. The molecule has 1 aromatic rings. The van der Waals surface area contributed by atoms with Crippen LogP contribution in [0, 0.1) is 0 Å². The summed E-state index contributed by atoms with van der Waals surface area (Å²) < 4.78 is 0. The third-order valence-electron chi connectivity index (χ3n) is 2.98. The highest BCUT2D eigenvalue weighted by Crippen LogP contribution is 2.16. The maximum atomic E-state index is 4.24. The van der Waals surface area contributed by atoms with Gasteiger partial charge in [0.1, 0.15) is 0 Å². The summed E-state index contributed by atoms with van der Waals surface area (Å²) in [5.41, 5.74) is 1.54. The minimum absolute atomic E-state index is 0.159. The average Bonchev–Trinajstić information content (AvgIpc) is 2.90. The molecule has 3 N–H and O–H groups in total. The van der Waals surface area contributed by atoms with Crippen LogP contribution in [-0.2, 0) is 0 Å². The Kier molecular flexibility index (Phi) is 7.02. The van der Waals surface area contributed by atoms with Gasteiger partial charge in [0.25, 0.3) is 0 Å². The van der Waals surface area contributed by atoms with Crippen molar-refractivity contribution in [3.05, 3.63) is 22.4 Å². The van der Waals surface area contributed by atoms with E-state index < -0.39 is 0 Å². The van der Waals surface area contributed by atoms with Crippen LogP contribution in [0.5, 0.6) is 0 Å². The number of hydrogen-bond acceptors (Lipinski definition) is 3. The van der Waals surface area contributed by atoms with E-state index in [1.54, 1.807) is 11.3 Å². The summed E-state index contributed by atoms with van der Waals surface area (Å²) in [6, 6.07) is 2.18. The van der Waals surface area contributed by atoms with Gasteiger partial charge in [-0.2, -0.15) is 11.3 Å². The average molecular weight is 296 g/mol. The fraction of sp³-hybridized carbons (Fsp3) is 0.667. The second-order valence-corrected chi connectivity index (χ2v) is 6.79. The number of hydrogen-bond donors (Lipinski definition) is 3. The second-order valence-electron chi connectivity index (χ2n) is 6.01. The molecule has 0 bridgehead atoms. The second kappa shape index (κ2) is 8.27. The Labute approximate surface area is 127 Å². The number of thiophene rings is 1. The predicted molar refractivity (Wildman–Crippen MR) is 89.9 cm³/mol. The molecule has 0 amide bonds. The van der Waals surface area contributed by atoms with E-state index >= 15 is 0 Å². The molecule has 1 unspecified atom stereocenters. The lowest BCUT2D eigenvalue weighted by Gasteiger charge is -2.21. The van der Waals surface area contributed by atoms with Crippen LogP contribution < -0.4 is 16.0 Å². The summed E-state index contributed by atoms with van der Waals surface area (Å²) in [6.45, 7) is 11.4. The van der Waals surface area contributed by atoms with Gasteiger partial charge in [-0.05, 0) is 49.1 Å². The molecule has 0 radical (unpaired) electrons. The van der Waals surface area contributed by atoms with Crippen LogP contribution in [-0.4, -0.2) is 38.2 Å². The molecule has 0 aromatic carbocycles. The highest BCUT2D eigenvalue weighted by atomic mass is 32.1. The molecular weight excluding hydrogens is 268 g/mol. The van der Waals surface area contributed by atoms with Gasteiger partial charge >= 0.3 is 0 Å². The van der Waals surface area contributed by atoms with Gasteiger partial charge in [-0.3, -0.25) is 4.99 Å². The van der Waals surface area contributed by atoms with Crippen molar-refractivity contribution in [2.75, 3.05) is 26.7 Å². The monoisotopic (exact) mass is 296 g/mol. The van der Waals surface area contributed by atoms with Crippen molar-refractivity contribution in [1.82, 2.24) is 16.0 Å². The molecule has 1 heterocycles. The molecule has 0 aliphatic heterocycles. The number of nitrogens with zero attached hydrogens (tertiary/aromatic N) is 1. The van der Waals surface area contributed by atoms with Crippen LogP contribution in [0.15, 0.2) is 21.8 Å². The van der Waals surface area contributed by atoms with E-state index in [1.807, 2.05) is 7.05 Å². The molecule has 5 heteroatoms. The molecular formula is C15H28N4S. The van der Waals surface area contributed by atoms with E-state index in [9.17, 15) is 0 Å². The number of nitrogens with one attached hydrogen (secondary N) is 3. The zero-order valence-corrected chi connectivity index (χ0v) is 14.1. The molecule has 114 valence electrons. The first-order chi connectivity index (χ1) is 9.42. The van der Waals surface area contributed by atoms with Crippen molar-refractivity contribution >= 4 is 17.3 Å². The highest BCUT2D eigenvalue weighted by Gasteiger charge is 2.08. The van der Waals surface area contributed by atoms with E-state index in [0.29, 0.717) is 5.92 Å². The predicted octanol–water partition coefficient (Wildman–Crippen LogP) is 2.40. The Morgan fingerprint density at radius 1 is 1.30 bits per heavy atom. The van der Waals surface area contributed by atoms with E-state index in [0.717, 1.165) is 25.6 Å². The first-order valence-electron chi connectivity index (χ1n) is 7.14. The Morgan fingerprint density at radius 2 is 2.05 bits per heavy atom. The van der Waals surface area contributed by atoms with E-state index in [4.69, 9.17) is 0 Å². The zero-order valence-electron chi connectivity index (χ0n) is 13.3. The lowest BCUT2D eigenvalue weighted by molar-refractivity contribution is 0.428. The maximum Gasteiger partial charge on any atom is 0.191 e. The van der Waals surface area contributed by atoms with Gasteiger partial charge in [0.2, 0.25) is 0 Å². The first kappa shape index (κ1) is 17.0. The topological polar surface area (TPSA) is 48.5 Å². The fourth-order valence-electron chi connectivity index (χ4n) is 1.76.